The van der Waals surface area contributed by atoms with Gasteiger partial charge in [0.2, 0.25) is 0 Å². The normalized spacial score (nSPS) is 13.8. The molecule has 1 aliphatic heterocycles. The predicted molar refractivity (Wildman–Crippen MR) is 92.9 cm³/mol. The molecule has 1 aromatic heterocycles. The molecular formula is C17H14N2O6S. The first kappa shape index (κ1) is 16.4. The van der Waals surface area contributed by atoms with E-state index in [0.717, 1.165) is 5.56 Å². The van der Waals surface area contributed by atoms with Crippen molar-refractivity contribution in [3.8, 4) is 0 Å². The van der Waals surface area contributed by atoms with E-state index in [-0.39, 0.29) is 17.0 Å². The van der Waals surface area contributed by atoms with Crippen LogP contribution >= 0.6 is 0 Å². The Morgan fingerprint density at radius 2 is 2.04 bits per heavy atom. The number of methoxy groups -OCH3 is 1. The molecule has 26 heavy (non-hydrogen) atoms. The van der Waals surface area contributed by atoms with Crippen molar-refractivity contribution in [2.24, 2.45) is 0 Å². The van der Waals surface area contributed by atoms with E-state index in [4.69, 9.17) is 9.15 Å². The number of ether oxygens (including phenoxy) is 1. The van der Waals surface area contributed by atoms with Crippen LogP contribution in [0.15, 0.2) is 50.5 Å². The highest BCUT2D eigenvalue weighted by Crippen LogP contribution is 2.34. The van der Waals surface area contributed by atoms with Crippen LogP contribution in [0.4, 0.5) is 5.69 Å². The maximum absolute atomic E-state index is 13.0. The zero-order chi connectivity index (χ0) is 18.5. The molecule has 3 aromatic rings. The standard InChI is InChI=1S/C17H14N2O6S/c1-24-16(20)11-2-5-14-10(8-11)6-7-19(14)26(22,23)12-3-4-13-15(9-12)25-17(21)18-13/h2-5,8-9H,6-7H2,1H3,(H,18,21). The number of hydrogen-bond donors (Lipinski definition) is 1. The van der Waals surface area contributed by atoms with Crippen molar-refractivity contribution in [3.05, 3.63) is 58.1 Å². The van der Waals surface area contributed by atoms with Crippen LogP contribution < -0.4 is 10.1 Å². The number of aromatic amines is 1. The lowest BCUT2D eigenvalue weighted by atomic mass is 10.1. The van der Waals surface area contributed by atoms with Gasteiger partial charge in [0, 0.05) is 12.6 Å². The summed E-state index contributed by atoms with van der Waals surface area (Å²) < 4.78 is 37.0. The van der Waals surface area contributed by atoms with Gasteiger partial charge < -0.3 is 9.15 Å². The van der Waals surface area contributed by atoms with Crippen molar-refractivity contribution in [2.45, 2.75) is 11.3 Å². The topological polar surface area (TPSA) is 110 Å². The van der Waals surface area contributed by atoms with Crippen molar-refractivity contribution in [1.82, 2.24) is 4.98 Å². The lowest BCUT2D eigenvalue weighted by Gasteiger charge is -2.19. The summed E-state index contributed by atoms with van der Waals surface area (Å²) in [6.45, 7) is 0.261. The number of benzene rings is 2. The number of sulfonamides is 1. The molecule has 0 radical (unpaired) electrons. The van der Waals surface area contributed by atoms with E-state index in [1.54, 1.807) is 12.1 Å². The summed E-state index contributed by atoms with van der Waals surface area (Å²) in [7, 11) is -2.54. The van der Waals surface area contributed by atoms with Crippen LogP contribution in [0.2, 0.25) is 0 Å². The molecule has 4 rings (SSSR count). The number of oxazole rings is 1. The van der Waals surface area contributed by atoms with Gasteiger partial charge in [-0.1, -0.05) is 0 Å². The number of rotatable bonds is 3. The molecule has 9 heteroatoms. The van der Waals surface area contributed by atoms with Crippen LogP contribution in [0.5, 0.6) is 0 Å². The minimum atomic E-state index is -3.83. The van der Waals surface area contributed by atoms with Crippen LogP contribution in [-0.2, 0) is 21.2 Å². The van der Waals surface area contributed by atoms with Gasteiger partial charge in [-0.05, 0) is 42.3 Å². The summed E-state index contributed by atoms with van der Waals surface area (Å²) in [6.07, 6.45) is 0.487. The fourth-order valence-corrected chi connectivity index (χ4v) is 4.60. The number of esters is 1. The lowest BCUT2D eigenvalue weighted by Crippen LogP contribution is -2.29. The van der Waals surface area contributed by atoms with E-state index in [9.17, 15) is 18.0 Å². The Hall–Kier alpha value is -3.07. The van der Waals surface area contributed by atoms with Gasteiger partial charge in [0.1, 0.15) is 0 Å². The predicted octanol–water partition coefficient (Wildman–Crippen LogP) is 1.66. The SMILES string of the molecule is COC(=O)c1ccc2c(c1)CCN2S(=O)(=O)c1ccc2[nH]c(=O)oc2c1. The van der Waals surface area contributed by atoms with Crippen LogP contribution in [0.1, 0.15) is 15.9 Å². The number of fused-ring (bicyclic) bond motifs is 2. The third kappa shape index (κ3) is 2.48. The summed E-state index contributed by atoms with van der Waals surface area (Å²) >= 11 is 0. The molecule has 0 fully saturated rings. The van der Waals surface area contributed by atoms with Crippen molar-refractivity contribution in [1.29, 1.82) is 0 Å². The fraction of sp³-hybridized carbons (Fsp3) is 0.176. The zero-order valence-corrected chi connectivity index (χ0v) is 14.5. The van der Waals surface area contributed by atoms with Crippen molar-refractivity contribution in [2.75, 3.05) is 18.0 Å². The number of anilines is 1. The molecule has 0 saturated heterocycles. The van der Waals surface area contributed by atoms with E-state index >= 15 is 0 Å². The molecule has 0 bridgehead atoms. The highest BCUT2D eigenvalue weighted by atomic mass is 32.2. The van der Waals surface area contributed by atoms with Gasteiger partial charge in [-0.25, -0.2) is 18.0 Å². The number of carbonyl (C=O) groups excluding carboxylic acids is 1. The Morgan fingerprint density at radius 1 is 1.23 bits per heavy atom. The number of aromatic nitrogens is 1. The summed E-state index contributed by atoms with van der Waals surface area (Å²) in [5.74, 6) is -1.11. The van der Waals surface area contributed by atoms with E-state index in [1.165, 1.54) is 35.7 Å². The first-order chi connectivity index (χ1) is 12.4. The molecule has 0 amide bonds. The Labute approximate surface area is 148 Å². The highest BCUT2D eigenvalue weighted by Gasteiger charge is 2.31. The van der Waals surface area contributed by atoms with Gasteiger partial charge in [-0.15, -0.1) is 0 Å². The van der Waals surface area contributed by atoms with Crippen molar-refractivity contribution < 1.29 is 22.4 Å². The number of nitrogens with zero attached hydrogens (tertiary/aromatic N) is 1. The molecule has 2 aromatic carbocycles. The molecule has 0 saturated carbocycles. The summed E-state index contributed by atoms with van der Waals surface area (Å²) in [5, 5.41) is 0. The second-order valence-electron chi connectivity index (χ2n) is 5.83. The number of H-pyrrole nitrogens is 1. The Bertz CT molecular complexity index is 1190. The van der Waals surface area contributed by atoms with Gasteiger partial charge in [0.05, 0.1) is 28.8 Å². The first-order valence-corrected chi connectivity index (χ1v) is 9.21. The van der Waals surface area contributed by atoms with E-state index < -0.39 is 21.7 Å². The van der Waals surface area contributed by atoms with Crippen molar-refractivity contribution in [3.63, 3.8) is 0 Å². The number of hydrogen-bond acceptors (Lipinski definition) is 6. The molecule has 0 unspecified atom stereocenters. The van der Waals surface area contributed by atoms with E-state index in [2.05, 4.69) is 4.98 Å². The molecule has 2 heterocycles. The molecule has 8 nitrogen and oxygen atoms in total. The summed E-state index contributed by atoms with van der Waals surface area (Å²) in [6, 6.07) is 9.01. The summed E-state index contributed by atoms with van der Waals surface area (Å²) in [4.78, 5) is 25.4. The van der Waals surface area contributed by atoms with Crippen LogP contribution in [0.25, 0.3) is 11.1 Å². The average molecular weight is 374 g/mol. The number of nitrogens with one attached hydrogen (secondary N) is 1. The lowest BCUT2D eigenvalue weighted by molar-refractivity contribution is 0.0600. The Balaban J connectivity index is 1.75. The van der Waals surface area contributed by atoms with Gasteiger partial charge in [-0.3, -0.25) is 9.29 Å². The maximum atomic E-state index is 13.0. The summed E-state index contributed by atoms with van der Waals surface area (Å²) in [5.41, 5.74) is 2.26. The average Bonchev–Trinajstić information content (AvgIpc) is 3.22. The van der Waals surface area contributed by atoms with Gasteiger partial charge in [-0.2, -0.15) is 0 Å². The first-order valence-electron chi connectivity index (χ1n) is 7.77. The van der Waals surface area contributed by atoms with Gasteiger partial charge >= 0.3 is 11.7 Å². The van der Waals surface area contributed by atoms with Gasteiger partial charge in [0.15, 0.2) is 5.58 Å². The van der Waals surface area contributed by atoms with Crippen molar-refractivity contribution >= 4 is 32.8 Å². The molecule has 1 N–H and O–H groups in total. The Kier molecular flexibility index (Phi) is 3.62. The quantitative estimate of drug-likeness (QED) is 0.698. The molecule has 0 atom stereocenters. The smallest absolute Gasteiger partial charge is 0.417 e. The molecule has 134 valence electrons. The van der Waals surface area contributed by atoms with E-state index in [0.29, 0.717) is 23.2 Å². The molecule has 0 aliphatic carbocycles. The second kappa shape index (κ2) is 5.73. The monoisotopic (exact) mass is 374 g/mol. The fourth-order valence-electron chi connectivity index (χ4n) is 3.08. The highest BCUT2D eigenvalue weighted by molar-refractivity contribution is 7.92. The molecular weight excluding hydrogens is 360 g/mol. The minimum absolute atomic E-state index is 0.0256. The van der Waals surface area contributed by atoms with Gasteiger partial charge in [0.25, 0.3) is 10.0 Å². The second-order valence-corrected chi connectivity index (χ2v) is 7.70. The number of carbonyl (C=O) groups is 1. The largest absolute Gasteiger partial charge is 0.465 e. The Morgan fingerprint density at radius 3 is 2.81 bits per heavy atom. The zero-order valence-electron chi connectivity index (χ0n) is 13.7. The van der Waals surface area contributed by atoms with Crippen LogP contribution in [0.3, 0.4) is 0 Å². The third-order valence-corrected chi connectivity index (χ3v) is 6.14. The van der Waals surface area contributed by atoms with E-state index in [1.807, 2.05) is 0 Å². The van der Waals surface area contributed by atoms with Crippen LogP contribution in [0, 0.1) is 0 Å². The third-order valence-electron chi connectivity index (χ3n) is 4.33. The minimum Gasteiger partial charge on any atom is -0.465 e. The maximum Gasteiger partial charge on any atom is 0.417 e. The van der Waals surface area contributed by atoms with Crippen LogP contribution in [-0.4, -0.2) is 33.0 Å². The molecule has 0 spiro atoms. The molecule has 1 aliphatic rings.